The highest BCUT2D eigenvalue weighted by Crippen LogP contribution is 2.42. The van der Waals surface area contributed by atoms with Crippen LogP contribution in [0.5, 0.6) is 6.01 Å². The second-order valence-corrected chi connectivity index (χ2v) is 15.0. The number of nitrogens with zero attached hydrogens (tertiary/aromatic N) is 7. The molecule has 0 saturated carbocycles. The van der Waals surface area contributed by atoms with Crippen LogP contribution in [0.4, 0.5) is 26.1 Å². The van der Waals surface area contributed by atoms with Crippen molar-refractivity contribution in [2.45, 2.75) is 75.8 Å². The van der Waals surface area contributed by atoms with Crippen LogP contribution in [0.25, 0.3) is 6.08 Å². The first-order valence-electron chi connectivity index (χ1n) is 18.1. The number of aliphatic hydroxyl groups excluding tert-OH is 1. The normalized spacial score (nSPS) is 27.8. The monoisotopic (exact) mass is 707 g/mol. The van der Waals surface area contributed by atoms with Crippen molar-refractivity contribution in [2.24, 2.45) is 5.92 Å². The average molecular weight is 708 g/mol. The number of allylic oxidation sites excluding steroid dienone is 1. The number of anilines is 3. The van der Waals surface area contributed by atoms with Crippen molar-refractivity contribution >= 4 is 29.3 Å². The zero-order chi connectivity index (χ0) is 36.3. The summed E-state index contributed by atoms with van der Waals surface area (Å²) in [7, 11) is 0. The highest BCUT2D eigenvalue weighted by Gasteiger charge is 2.47. The van der Waals surface area contributed by atoms with Crippen LogP contribution >= 0.6 is 0 Å². The number of alkyl halides is 1. The lowest BCUT2D eigenvalue weighted by Gasteiger charge is -2.43. The van der Waals surface area contributed by atoms with Gasteiger partial charge in [-0.05, 0) is 68.0 Å². The predicted octanol–water partition coefficient (Wildman–Crippen LogP) is 4.70. The minimum atomic E-state index is -1.05. The molecule has 0 radical (unpaired) electrons. The number of halogens is 2. The second-order valence-electron chi connectivity index (χ2n) is 15.0. The lowest BCUT2D eigenvalue weighted by molar-refractivity contribution is -0.129. The summed E-state index contributed by atoms with van der Waals surface area (Å²) in [4.78, 5) is 35.5. The first-order valence-corrected chi connectivity index (χ1v) is 18.1. The molecule has 3 aromatic rings. The number of piperazine rings is 1. The number of pyridine rings is 1. The molecule has 1 N–H and O–H groups in total. The number of amides is 1. The number of benzene rings is 1. The Hall–Kier alpha value is -5.02. The summed E-state index contributed by atoms with van der Waals surface area (Å²) in [6.07, 6.45) is 11.9. The van der Waals surface area contributed by atoms with E-state index in [9.17, 15) is 9.90 Å². The smallest absolute Gasteiger partial charge is 0.319 e. The van der Waals surface area contributed by atoms with Gasteiger partial charge in [-0.3, -0.25) is 4.79 Å². The van der Waals surface area contributed by atoms with E-state index in [2.05, 4.69) is 29.3 Å². The lowest BCUT2D eigenvalue weighted by atomic mass is 9.92. The number of hydrogen-bond acceptors (Lipinski definition) is 9. The first kappa shape index (κ1) is 34.1. The Bertz CT molecular complexity index is 1990. The molecule has 5 aliphatic rings. The van der Waals surface area contributed by atoms with Crippen molar-refractivity contribution in [3.63, 3.8) is 0 Å². The molecule has 3 saturated heterocycles. The Morgan fingerprint density at radius 2 is 2.04 bits per heavy atom. The molecule has 10 nitrogen and oxygen atoms in total. The van der Waals surface area contributed by atoms with Gasteiger partial charge in [0.15, 0.2) is 0 Å². The number of carbonyl (C=O) groups excluding carboxylic acids is 1. The van der Waals surface area contributed by atoms with E-state index in [0.717, 1.165) is 29.1 Å². The standard InChI is InChI=1S/C40H43F2N7O3/c1-5-30-32(42)13-10-25-16-29(50)21-47(37(25)30)27-11-12-31-33(17-27)44-39(52-23-40(4)18-26(41)19-48(40)35-9-7-8-14-43-35)45-38(31)46-20-28-15-24(3)34(22-46)49(28)36(51)6-2/h1,6-10,13-14,17,24,26,28-29,34,50H,2,11-12,15-16,18-23H2,3-4H3/t24?,26-,28-,29+,34-,40+/m1/s1. The molecular formula is C40H43F2N7O3. The zero-order valence-corrected chi connectivity index (χ0v) is 29.5. The summed E-state index contributed by atoms with van der Waals surface area (Å²) in [5, 5.41) is 10.9. The Labute approximate surface area is 302 Å². The fourth-order valence-corrected chi connectivity index (χ4v) is 9.11. The van der Waals surface area contributed by atoms with Crippen molar-refractivity contribution in [3.8, 4) is 18.4 Å². The Balaban J connectivity index is 1.18. The van der Waals surface area contributed by atoms with Crippen molar-refractivity contribution < 1.29 is 23.4 Å². The fraction of sp³-hybridized carbons (Fsp3) is 0.450. The van der Waals surface area contributed by atoms with Gasteiger partial charge < -0.3 is 29.4 Å². The predicted molar refractivity (Wildman–Crippen MR) is 195 cm³/mol. The van der Waals surface area contributed by atoms with Crippen LogP contribution in [-0.2, 0) is 17.6 Å². The number of terminal acetylenes is 1. The number of hydrogen-bond donors (Lipinski definition) is 1. The van der Waals surface area contributed by atoms with E-state index in [1.54, 1.807) is 12.3 Å². The maximum absolute atomic E-state index is 15.0. The van der Waals surface area contributed by atoms with Gasteiger partial charge in [-0.25, -0.2) is 13.8 Å². The highest BCUT2D eigenvalue weighted by atomic mass is 19.1. The van der Waals surface area contributed by atoms with Crippen molar-refractivity contribution in [3.05, 3.63) is 83.1 Å². The van der Waals surface area contributed by atoms with Crippen molar-refractivity contribution in [1.82, 2.24) is 19.9 Å². The van der Waals surface area contributed by atoms with Gasteiger partial charge in [0, 0.05) is 49.9 Å². The second kappa shape index (κ2) is 13.2. The largest absolute Gasteiger partial charge is 0.461 e. The van der Waals surface area contributed by atoms with Crippen LogP contribution in [0.15, 0.2) is 54.9 Å². The van der Waals surface area contributed by atoms with Crippen LogP contribution in [0.2, 0.25) is 0 Å². The molecule has 2 bridgehead atoms. The molecule has 8 rings (SSSR count). The number of ether oxygens (including phenoxy) is 1. The number of aromatic nitrogens is 3. The number of β-amino-alcohol motifs (C(OH)–C–C–N with tert-alkyl or cyclic N) is 1. The van der Waals surface area contributed by atoms with Crippen LogP contribution in [-0.4, -0.2) is 93.5 Å². The molecule has 52 heavy (non-hydrogen) atoms. The number of carbonyl (C=O) groups is 1. The van der Waals surface area contributed by atoms with E-state index in [1.165, 1.54) is 12.1 Å². The molecule has 12 heteroatoms. The van der Waals surface area contributed by atoms with Crippen molar-refractivity contribution in [1.29, 1.82) is 0 Å². The molecule has 4 aliphatic heterocycles. The van der Waals surface area contributed by atoms with Gasteiger partial charge in [-0.15, -0.1) is 6.42 Å². The maximum Gasteiger partial charge on any atom is 0.319 e. The zero-order valence-electron chi connectivity index (χ0n) is 29.5. The molecule has 6 atom stereocenters. The molecule has 2 aromatic heterocycles. The lowest BCUT2D eigenvalue weighted by Crippen LogP contribution is -2.56. The molecule has 3 fully saturated rings. The Morgan fingerprint density at radius 1 is 1.19 bits per heavy atom. The summed E-state index contributed by atoms with van der Waals surface area (Å²) in [6, 6.07) is 8.81. The quantitative estimate of drug-likeness (QED) is 0.277. The highest BCUT2D eigenvalue weighted by molar-refractivity contribution is 5.88. The van der Waals surface area contributed by atoms with E-state index < -0.39 is 23.6 Å². The van der Waals surface area contributed by atoms with Crippen LogP contribution < -0.4 is 19.4 Å². The van der Waals surface area contributed by atoms with Crippen LogP contribution in [0, 0.1) is 24.1 Å². The average Bonchev–Trinajstić information content (AvgIpc) is 3.56. The SMILES string of the molecule is C#Cc1c(F)ccc2c1N(C1=Cc3nc(OC[C@]4(C)C[C@@H](F)CN4c4ccccn4)nc(N4C[C@H]5CC(C)[C@@H](C4)N5C(=O)C=C)c3CC1)C[C@@H](O)C2. The Morgan fingerprint density at radius 3 is 2.79 bits per heavy atom. The van der Waals surface area contributed by atoms with Gasteiger partial charge in [0.05, 0.1) is 47.2 Å². The third-order valence-electron chi connectivity index (χ3n) is 11.5. The molecule has 1 aromatic carbocycles. The minimum absolute atomic E-state index is 0.00293. The summed E-state index contributed by atoms with van der Waals surface area (Å²) in [5.74, 6) is 3.74. The molecule has 1 unspecified atom stereocenters. The van der Waals surface area contributed by atoms with Crippen LogP contribution in [0.3, 0.4) is 0 Å². The van der Waals surface area contributed by atoms with Gasteiger partial charge in [0.2, 0.25) is 5.91 Å². The third-order valence-corrected chi connectivity index (χ3v) is 11.5. The molecule has 1 aliphatic carbocycles. The molecule has 270 valence electrons. The molecule has 0 spiro atoms. The van der Waals surface area contributed by atoms with E-state index in [-0.39, 0.29) is 55.7 Å². The first-order chi connectivity index (χ1) is 25.1. The molecular weight excluding hydrogens is 664 g/mol. The van der Waals surface area contributed by atoms with E-state index in [4.69, 9.17) is 21.1 Å². The summed E-state index contributed by atoms with van der Waals surface area (Å²) in [5.41, 5.74) is 3.32. The number of fused-ring (bicyclic) bond motifs is 4. The van der Waals surface area contributed by atoms with E-state index in [0.29, 0.717) is 55.5 Å². The summed E-state index contributed by atoms with van der Waals surface area (Å²) in [6.45, 7) is 9.69. The van der Waals surface area contributed by atoms with Crippen LogP contribution in [0.1, 0.15) is 55.5 Å². The van der Waals surface area contributed by atoms with Gasteiger partial charge in [0.25, 0.3) is 0 Å². The minimum Gasteiger partial charge on any atom is -0.461 e. The van der Waals surface area contributed by atoms with E-state index >= 15 is 8.78 Å². The topological polar surface area (TPSA) is 98.2 Å². The van der Waals surface area contributed by atoms with Gasteiger partial charge in [0.1, 0.15) is 30.2 Å². The van der Waals surface area contributed by atoms with Gasteiger partial charge in [-0.1, -0.05) is 31.6 Å². The Kier molecular flexibility index (Phi) is 8.65. The molecule has 6 heterocycles. The number of aliphatic hydroxyl groups is 1. The summed E-state index contributed by atoms with van der Waals surface area (Å²) >= 11 is 0. The van der Waals surface area contributed by atoms with Crippen molar-refractivity contribution in [2.75, 3.05) is 47.5 Å². The number of rotatable bonds is 7. The van der Waals surface area contributed by atoms with Gasteiger partial charge in [-0.2, -0.15) is 9.97 Å². The fourth-order valence-electron chi connectivity index (χ4n) is 9.11. The summed E-state index contributed by atoms with van der Waals surface area (Å²) < 4.78 is 36.5. The van der Waals surface area contributed by atoms with E-state index in [1.807, 2.05) is 45.9 Å². The third kappa shape index (κ3) is 5.85. The maximum atomic E-state index is 15.0. The molecule has 1 amide bonds. The van der Waals surface area contributed by atoms with Gasteiger partial charge >= 0.3 is 6.01 Å².